The van der Waals surface area contributed by atoms with Gasteiger partial charge in [-0.3, -0.25) is 4.79 Å². The van der Waals surface area contributed by atoms with Crippen LogP contribution in [0.15, 0.2) is 65.1 Å². The van der Waals surface area contributed by atoms with Gasteiger partial charge < -0.3 is 9.73 Å². The Balaban J connectivity index is 1.63. The van der Waals surface area contributed by atoms with Gasteiger partial charge in [-0.25, -0.2) is 0 Å². The highest BCUT2D eigenvalue weighted by Gasteiger charge is 2.11. The number of para-hydroxylation sites is 1. The average Bonchev–Trinajstić information content (AvgIpc) is 3.16. The second-order valence-corrected chi connectivity index (χ2v) is 6.34. The molecule has 3 aromatic rings. The molecule has 1 amide bonds. The van der Waals surface area contributed by atoms with Gasteiger partial charge in [-0.2, -0.15) is 0 Å². The fourth-order valence-corrected chi connectivity index (χ4v) is 3.11. The molecule has 0 spiro atoms. The molecule has 0 bridgehead atoms. The van der Waals surface area contributed by atoms with E-state index in [2.05, 4.69) is 37.4 Å². The monoisotopic (exact) mass is 347 g/mol. The van der Waals surface area contributed by atoms with Crippen molar-refractivity contribution in [1.82, 2.24) is 0 Å². The van der Waals surface area contributed by atoms with Crippen LogP contribution >= 0.6 is 0 Å². The van der Waals surface area contributed by atoms with Gasteiger partial charge in [0.15, 0.2) is 0 Å². The predicted octanol–water partition coefficient (Wildman–Crippen LogP) is 5.64. The van der Waals surface area contributed by atoms with E-state index < -0.39 is 0 Å². The Bertz CT molecular complexity index is 843. The minimum atomic E-state index is 0.0262. The van der Waals surface area contributed by atoms with Crippen molar-refractivity contribution in [1.29, 1.82) is 0 Å². The van der Waals surface area contributed by atoms with Crippen molar-refractivity contribution in [2.24, 2.45) is 0 Å². The molecule has 0 radical (unpaired) electrons. The van der Waals surface area contributed by atoms with Crippen molar-refractivity contribution < 1.29 is 9.21 Å². The van der Waals surface area contributed by atoms with Crippen LogP contribution < -0.4 is 5.32 Å². The first-order chi connectivity index (χ1) is 12.7. The van der Waals surface area contributed by atoms with E-state index in [0.29, 0.717) is 12.8 Å². The highest BCUT2D eigenvalue weighted by atomic mass is 16.3. The number of carbonyl (C=O) groups excluding carboxylic acids is 1. The molecule has 0 aliphatic carbocycles. The van der Waals surface area contributed by atoms with Gasteiger partial charge in [0.2, 0.25) is 5.91 Å². The Hall–Kier alpha value is -2.81. The summed E-state index contributed by atoms with van der Waals surface area (Å²) in [5, 5.41) is 3.11. The molecule has 0 unspecified atom stereocenters. The molecule has 1 heterocycles. The number of amides is 1. The van der Waals surface area contributed by atoms with E-state index in [1.54, 1.807) is 0 Å². The summed E-state index contributed by atoms with van der Waals surface area (Å²) in [7, 11) is 0. The SMILES string of the molecule is CCc1cccc(CC)c1NC(=O)CCc1ccc(-c2ccccc2)o1. The number of anilines is 1. The lowest BCUT2D eigenvalue weighted by Crippen LogP contribution is -2.15. The number of hydrogen-bond donors (Lipinski definition) is 1. The van der Waals surface area contributed by atoms with Crippen LogP contribution in [0.4, 0.5) is 5.69 Å². The summed E-state index contributed by atoms with van der Waals surface area (Å²) < 4.78 is 5.88. The number of hydrogen-bond acceptors (Lipinski definition) is 2. The Labute approximate surface area is 155 Å². The van der Waals surface area contributed by atoms with Crippen LogP contribution in [0.25, 0.3) is 11.3 Å². The fraction of sp³-hybridized carbons (Fsp3) is 0.261. The molecule has 1 aromatic heterocycles. The first-order valence-corrected chi connectivity index (χ1v) is 9.26. The molecule has 0 aliphatic rings. The maximum atomic E-state index is 12.4. The molecule has 134 valence electrons. The lowest BCUT2D eigenvalue weighted by Gasteiger charge is -2.14. The van der Waals surface area contributed by atoms with Crippen molar-refractivity contribution in [3.05, 3.63) is 77.6 Å². The van der Waals surface area contributed by atoms with E-state index in [9.17, 15) is 4.79 Å². The van der Waals surface area contributed by atoms with E-state index in [4.69, 9.17) is 4.42 Å². The molecule has 3 rings (SSSR count). The minimum Gasteiger partial charge on any atom is -0.461 e. The van der Waals surface area contributed by atoms with Crippen molar-refractivity contribution in [3.63, 3.8) is 0 Å². The molecule has 0 aliphatic heterocycles. The Morgan fingerprint density at radius 1 is 0.885 bits per heavy atom. The van der Waals surface area contributed by atoms with Gasteiger partial charge in [0.25, 0.3) is 0 Å². The van der Waals surface area contributed by atoms with Crippen molar-refractivity contribution in [2.75, 3.05) is 5.32 Å². The quantitative estimate of drug-likeness (QED) is 0.601. The number of carbonyl (C=O) groups is 1. The third-order valence-electron chi connectivity index (χ3n) is 4.58. The van der Waals surface area contributed by atoms with Crippen LogP contribution in [0.3, 0.4) is 0 Å². The number of rotatable bonds is 7. The zero-order valence-electron chi connectivity index (χ0n) is 15.4. The summed E-state index contributed by atoms with van der Waals surface area (Å²) >= 11 is 0. The average molecular weight is 347 g/mol. The smallest absolute Gasteiger partial charge is 0.224 e. The number of nitrogens with one attached hydrogen (secondary N) is 1. The van der Waals surface area contributed by atoms with Crippen molar-refractivity contribution >= 4 is 11.6 Å². The van der Waals surface area contributed by atoms with Gasteiger partial charge in [-0.05, 0) is 36.1 Å². The summed E-state index contributed by atoms with van der Waals surface area (Å²) in [6.07, 6.45) is 2.81. The van der Waals surface area contributed by atoms with Crippen LogP contribution in [0.5, 0.6) is 0 Å². The molecule has 26 heavy (non-hydrogen) atoms. The van der Waals surface area contributed by atoms with Gasteiger partial charge in [-0.1, -0.05) is 62.4 Å². The van der Waals surface area contributed by atoms with Crippen LogP contribution in [0.2, 0.25) is 0 Å². The molecule has 0 saturated carbocycles. The lowest BCUT2D eigenvalue weighted by molar-refractivity contribution is -0.116. The van der Waals surface area contributed by atoms with Gasteiger partial charge in [0.1, 0.15) is 11.5 Å². The van der Waals surface area contributed by atoms with E-state index in [1.165, 1.54) is 11.1 Å². The molecule has 0 atom stereocenters. The summed E-state index contributed by atoms with van der Waals surface area (Å²) in [5.74, 6) is 1.70. The van der Waals surface area contributed by atoms with E-state index in [-0.39, 0.29) is 5.91 Å². The number of benzene rings is 2. The molecule has 0 saturated heterocycles. The van der Waals surface area contributed by atoms with Crippen LogP contribution in [0, 0.1) is 0 Å². The Kier molecular flexibility index (Phi) is 5.90. The summed E-state index contributed by atoms with van der Waals surface area (Å²) in [4.78, 5) is 12.4. The zero-order chi connectivity index (χ0) is 18.4. The maximum absolute atomic E-state index is 12.4. The van der Waals surface area contributed by atoms with E-state index in [1.807, 2.05) is 42.5 Å². The largest absolute Gasteiger partial charge is 0.461 e. The zero-order valence-corrected chi connectivity index (χ0v) is 15.4. The second-order valence-electron chi connectivity index (χ2n) is 6.34. The van der Waals surface area contributed by atoms with Crippen LogP contribution in [-0.4, -0.2) is 5.91 Å². The molecule has 3 heteroatoms. The van der Waals surface area contributed by atoms with Crippen LogP contribution in [0.1, 0.15) is 37.2 Å². The lowest BCUT2D eigenvalue weighted by atomic mass is 10.0. The van der Waals surface area contributed by atoms with Crippen molar-refractivity contribution in [3.8, 4) is 11.3 Å². The molecule has 3 nitrogen and oxygen atoms in total. The molecule has 1 N–H and O–H groups in total. The van der Waals surface area contributed by atoms with Crippen molar-refractivity contribution in [2.45, 2.75) is 39.5 Å². The Morgan fingerprint density at radius 3 is 2.23 bits per heavy atom. The summed E-state index contributed by atoms with van der Waals surface area (Å²) in [5.41, 5.74) is 4.39. The molecular formula is C23H25NO2. The normalized spacial score (nSPS) is 10.7. The van der Waals surface area contributed by atoms with Gasteiger partial charge >= 0.3 is 0 Å². The predicted molar refractivity (Wildman–Crippen MR) is 106 cm³/mol. The second kappa shape index (κ2) is 8.52. The van der Waals surface area contributed by atoms with Gasteiger partial charge in [-0.15, -0.1) is 0 Å². The molecule has 2 aromatic carbocycles. The number of furan rings is 1. The topological polar surface area (TPSA) is 42.2 Å². The standard InChI is InChI=1S/C23H25NO2/c1-3-17-11-8-12-18(4-2)23(17)24-22(25)16-14-20-13-15-21(26-20)19-9-6-5-7-10-19/h5-13,15H,3-4,14,16H2,1-2H3,(H,24,25). The van der Waals surface area contributed by atoms with E-state index >= 15 is 0 Å². The first-order valence-electron chi connectivity index (χ1n) is 9.26. The van der Waals surface area contributed by atoms with Gasteiger partial charge in [0.05, 0.1) is 0 Å². The molecule has 0 fully saturated rings. The van der Waals surface area contributed by atoms with E-state index in [0.717, 1.165) is 35.6 Å². The molecular weight excluding hydrogens is 322 g/mol. The first kappa shape index (κ1) is 18.0. The highest BCUT2D eigenvalue weighted by molar-refractivity contribution is 5.92. The third kappa shape index (κ3) is 4.23. The third-order valence-corrected chi connectivity index (χ3v) is 4.58. The summed E-state index contributed by atoms with van der Waals surface area (Å²) in [6.45, 7) is 4.22. The fourth-order valence-electron chi connectivity index (χ4n) is 3.11. The Morgan fingerprint density at radius 2 is 1.58 bits per heavy atom. The van der Waals surface area contributed by atoms with Gasteiger partial charge in [0, 0.05) is 24.1 Å². The number of aryl methyl sites for hydroxylation is 3. The highest BCUT2D eigenvalue weighted by Crippen LogP contribution is 2.24. The van der Waals surface area contributed by atoms with Crippen LogP contribution in [-0.2, 0) is 24.1 Å². The maximum Gasteiger partial charge on any atom is 0.224 e. The minimum absolute atomic E-state index is 0.0262. The summed E-state index contributed by atoms with van der Waals surface area (Å²) in [6, 6.07) is 20.1.